The minimum Gasteiger partial charge on any atom is -0.491 e. The van der Waals surface area contributed by atoms with Gasteiger partial charge in [-0.2, -0.15) is 10.1 Å². The molecule has 11 heteroatoms. The van der Waals surface area contributed by atoms with Crippen LogP contribution in [-0.4, -0.2) is 42.6 Å². The zero-order valence-electron chi connectivity index (χ0n) is 19.4. The molecule has 10 nitrogen and oxygen atoms in total. The van der Waals surface area contributed by atoms with Crippen LogP contribution in [0.3, 0.4) is 0 Å². The Morgan fingerprint density at radius 1 is 1.23 bits per heavy atom. The number of aromatic amines is 1. The van der Waals surface area contributed by atoms with Crippen molar-refractivity contribution in [3.05, 3.63) is 85.5 Å². The summed E-state index contributed by atoms with van der Waals surface area (Å²) in [6.45, 7) is 3.67. The number of aliphatic hydroxyl groups excluding tert-OH is 1. The molecule has 3 N–H and O–H groups in total. The molecule has 0 aliphatic rings. The zero-order chi connectivity index (χ0) is 25.1. The molecular formula is C24H25ClN6O4. The lowest BCUT2D eigenvalue weighted by Crippen LogP contribution is -2.30. The topological polar surface area (TPSA) is 127 Å². The van der Waals surface area contributed by atoms with Crippen LogP contribution in [0.15, 0.2) is 63.2 Å². The van der Waals surface area contributed by atoms with E-state index in [-0.39, 0.29) is 30.3 Å². The molecule has 0 aliphatic heterocycles. The SMILES string of the molecule is C/C(=N\Nc1nc2c(c(=O)[nH]c(=O)n2C)n1CC(O)COc1ccccc1C)c1ccc(Cl)cc1. The number of hydrogen-bond donors (Lipinski definition) is 3. The standard InChI is InChI=1S/C24H25ClN6O4/c1-14-6-4-5-7-19(14)35-13-18(32)12-31-20-21(30(3)24(34)27-22(20)33)26-23(31)29-28-15(2)16-8-10-17(25)11-9-16/h4-11,18,32H,12-13H2,1-3H3,(H,26,29)(H,27,33,34)/b28-15+. The molecule has 0 fully saturated rings. The van der Waals surface area contributed by atoms with E-state index < -0.39 is 17.4 Å². The lowest BCUT2D eigenvalue weighted by molar-refractivity contribution is 0.0935. The number of nitrogens with zero attached hydrogens (tertiary/aromatic N) is 4. The first-order valence-electron chi connectivity index (χ1n) is 10.9. The number of aromatic nitrogens is 4. The number of nitrogens with one attached hydrogen (secondary N) is 2. The zero-order valence-corrected chi connectivity index (χ0v) is 20.2. The minimum absolute atomic E-state index is 0.0132. The van der Waals surface area contributed by atoms with Gasteiger partial charge in [-0.15, -0.1) is 0 Å². The number of anilines is 1. The highest BCUT2D eigenvalue weighted by Crippen LogP contribution is 2.19. The number of para-hydroxylation sites is 1. The first-order chi connectivity index (χ1) is 16.7. The predicted molar refractivity (Wildman–Crippen MR) is 136 cm³/mol. The van der Waals surface area contributed by atoms with Crippen LogP contribution in [0.2, 0.25) is 5.02 Å². The monoisotopic (exact) mass is 496 g/mol. The molecule has 2 aromatic carbocycles. The average molecular weight is 497 g/mol. The molecule has 0 spiro atoms. The molecule has 35 heavy (non-hydrogen) atoms. The Hall–Kier alpha value is -3.89. The number of imidazole rings is 1. The third-order valence-electron chi connectivity index (χ3n) is 5.51. The van der Waals surface area contributed by atoms with Gasteiger partial charge in [0.15, 0.2) is 11.2 Å². The van der Waals surface area contributed by atoms with Crippen LogP contribution < -0.4 is 21.4 Å². The summed E-state index contributed by atoms with van der Waals surface area (Å²) in [5.74, 6) is 0.846. The summed E-state index contributed by atoms with van der Waals surface area (Å²) < 4.78 is 8.47. The fourth-order valence-corrected chi connectivity index (χ4v) is 3.68. The summed E-state index contributed by atoms with van der Waals surface area (Å²) in [6.07, 6.45) is -0.981. The molecule has 2 heterocycles. The lowest BCUT2D eigenvalue weighted by atomic mass is 10.1. The Morgan fingerprint density at radius 2 is 1.94 bits per heavy atom. The number of halogens is 1. The van der Waals surface area contributed by atoms with Crippen LogP contribution in [0, 0.1) is 6.92 Å². The molecular weight excluding hydrogens is 472 g/mol. The van der Waals surface area contributed by atoms with Crippen LogP contribution in [0.25, 0.3) is 11.2 Å². The second kappa shape index (κ2) is 10.2. The molecule has 4 aromatic rings. The van der Waals surface area contributed by atoms with Crippen LogP contribution in [-0.2, 0) is 13.6 Å². The molecule has 4 rings (SSSR count). The van der Waals surface area contributed by atoms with Crippen molar-refractivity contribution in [2.45, 2.75) is 26.5 Å². The third kappa shape index (κ3) is 5.28. The smallest absolute Gasteiger partial charge is 0.329 e. The lowest BCUT2D eigenvalue weighted by Gasteiger charge is -2.16. The number of aryl methyl sites for hydroxylation is 2. The van der Waals surface area contributed by atoms with Gasteiger partial charge in [0.05, 0.1) is 12.3 Å². The van der Waals surface area contributed by atoms with Crippen molar-refractivity contribution in [2.75, 3.05) is 12.0 Å². The summed E-state index contributed by atoms with van der Waals surface area (Å²) in [4.78, 5) is 31.4. The van der Waals surface area contributed by atoms with E-state index in [9.17, 15) is 14.7 Å². The van der Waals surface area contributed by atoms with Crippen molar-refractivity contribution in [2.24, 2.45) is 12.1 Å². The number of rotatable bonds is 8. The molecule has 182 valence electrons. The molecule has 0 radical (unpaired) electrons. The molecule has 1 atom stereocenters. The molecule has 2 aromatic heterocycles. The largest absolute Gasteiger partial charge is 0.491 e. The number of hydrazone groups is 1. The summed E-state index contributed by atoms with van der Waals surface area (Å²) in [7, 11) is 1.50. The van der Waals surface area contributed by atoms with Crippen molar-refractivity contribution in [1.29, 1.82) is 0 Å². The molecule has 0 bridgehead atoms. The quantitative estimate of drug-likeness (QED) is 0.254. The van der Waals surface area contributed by atoms with Crippen LogP contribution >= 0.6 is 11.6 Å². The Bertz CT molecular complexity index is 1500. The second-order valence-corrected chi connectivity index (χ2v) is 8.52. The van der Waals surface area contributed by atoms with E-state index in [1.807, 2.05) is 43.3 Å². The fourth-order valence-electron chi connectivity index (χ4n) is 3.55. The maximum absolute atomic E-state index is 12.7. The molecule has 0 aliphatic carbocycles. The van der Waals surface area contributed by atoms with Gasteiger partial charge >= 0.3 is 5.69 Å². The van der Waals surface area contributed by atoms with E-state index >= 15 is 0 Å². The van der Waals surface area contributed by atoms with Gasteiger partial charge in [0.2, 0.25) is 5.95 Å². The van der Waals surface area contributed by atoms with Gasteiger partial charge in [-0.3, -0.25) is 14.3 Å². The first kappa shape index (κ1) is 24.2. The number of ether oxygens (including phenoxy) is 1. The summed E-state index contributed by atoms with van der Waals surface area (Å²) in [6, 6.07) is 14.6. The highest BCUT2D eigenvalue weighted by Gasteiger charge is 2.20. The Labute approximate surface area is 205 Å². The van der Waals surface area contributed by atoms with Crippen molar-refractivity contribution >= 4 is 34.4 Å². The van der Waals surface area contributed by atoms with Crippen molar-refractivity contribution in [1.82, 2.24) is 19.1 Å². The maximum Gasteiger partial charge on any atom is 0.329 e. The van der Waals surface area contributed by atoms with Gasteiger partial charge in [-0.25, -0.2) is 10.2 Å². The number of fused-ring (bicyclic) bond motifs is 1. The Balaban J connectivity index is 1.65. The molecule has 0 saturated carbocycles. The van der Waals surface area contributed by atoms with E-state index in [2.05, 4.69) is 20.5 Å². The maximum atomic E-state index is 12.7. The van der Waals surface area contributed by atoms with Gasteiger partial charge in [0.25, 0.3) is 5.56 Å². The summed E-state index contributed by atoms with van der Waals surface area (Å²) in [5.41, 5.74) is 4.36. The number of benzene rings is 2. The predicted octanol–water partition coefficient (Wildman–Crippen LogP) is 2.66. The van der Waals surface area contributed by atoms with Gasteiger partial charge in [0, 0.05) is 12.1 Å². The van der Waals surface area contributed by atoms with E-state index in [1.165, 1.54) is 16.2 Å². The highest BCUT2D eigenvalue weighted by molar-refractivity contribution is 6.30. The summed E-state index contributed by atoms with van der Waals surface area (Å²) >= 11 is 5.96. The van der Waals surface area contributed by atoms with Gasteiger partial charge in [-0.05, 0) is 43.2 Å². The number of hydrogen-bond acceptors (Lipinski definition) is 7. The van der Waals surface area contributed by atoms with Crippen molar-refractivity contribution in [3.8, 4) is 5.75 Å². The Morgan fingerprint density at radius 3 is 2.66 bits per heavy atom. The number of aliphatic hydroxyl groups is 1. The minimum atomic E-state index is -0.981. The van der Waals surface area contributed by atoms with Crippen LogP contribution in [0.5, 0.6) is 5.75 Å². The second-order valence-electron chi connectivity index (χ2n) is 8.08. The van der Waals surface area contributed by atoms with E-state index in [0.29, 0.717) is 16.5 Å². The van der Waals surface area contributed by atoms with Gasteiger partial charge in [-0.1, -0.05) is 41.9 Å². The normalized spacial score (nSPS) is 12.7. The van der Waals surface area contributed by atoms with E-state index in [0.717, 1.165) is 11.1 Å². The van der Waals surface area contributed by atoms with Gasteiger partial charge < -0.3 is 14.4 Å². The molecule has 1 unspecified atom stereocenters. The Kier molecular flexibility index (Phi) is 7.04. The average Bonchev–Trinajstić information content (AvgIpc) is 3.19. The van der Waals surface area contributed by atoms with Crippen LogP contribution in [0.1, 0.15) is 18.1 Å². The highest BCUT2D eigenvalue weighted by atomic mass is 35.5. The van der Waals surface area contributed by atoms with Gasteiger partial charge in [0.1, 0.15) is 18.5 Å². The summed E-state index contributed by atoms with van der Waals surface area (Å²) in [5, 5.41) is 15.7. The van der Waals surface area contributed by atoms with Crippen molar-refractivity contribution < 1.29 is 9.84 Å². The van der Waals surface area contributed by atoms with E-state index in [1.54, 1.807) is 19.1 Å². The fraction of sp³-hybridized carbons (Fsp3) is 0.250. The molecule has 0 saturated heterocycles. The van der Waals surface area contributed by atoms with Crippen molar-refractivity contribution in [3.63, 3.8) is 0 Å². The molecule has 0 amide bonds. The first-order valence-corrected chi connectivity index (χ1v) is 11.2. The third-order valence-corrected chi connectivity index (χ3v) is 5.76. The number of H-pyrrole nitrogens is 1. The van der Waals surface area contributed by atoms with Crippen LogP contribution in [0.4, 0.5) is 5.95 Å². The van der Waals surface area contributed by atoms with E-state index in [4.69, 9.17) is 16.3 Å².